The summed E-state index contributed by atoms with van der Waals surface area (Å²) in [6.45, 7) is 4.01. The van der Waals surface area contributed by atoms with E-state index >= 15 is 0 Å². The number of primary sulfonamides is 1. The Bertz CT molecular complexity index is 802. The lowest BCUT2D eigenvalue weighted by Gasteiger charge is -2.30. The maximum absolute atomic E-state index is 12.0. The lowest BCUT2D eigenvalue weighted by molar-refractivity contribution is 0.116. The standard InChI is InChI=1S/C19H25NO4S/c1-4-13(2)18(16-7-5-6-8-17(16)25(20,22)23)19(21)14-9-11-15(24-3)12-10-14/h5-13,18-19,21H,4H2,1-3H3,(H2,20,22,23)/t13-,18-,19?/m0/s1. The first kappa shape index (κ1) is 19.4. The number of aliphatic hydroxyl groups is 1. The second-order valence-corrected chi connectivity index (χ2v) is 7.74. The second-order valence-electron chi connectivity index (χ2n) is 6.21. The third-order valence-corrected chi connectivity index (χ3v) is 5.62. The van der Waals surface area contributed by atoms with Gasteiger partial charge in [-0.15, -0.1) is 0 Å². The zero-order valence-electron chi connectivity index (χ0n) is 14.7. The van der Waals surface area contributed by atoms with Crippen LogP contribution in [0.2, 0.25) is 0 Å². The van der Waals surface area contributed by atoms with E-state index in [1.54, 1.807) is 49.6 Å². The molecule has 25 heavy (non-hydrogen) atoms. The van der Waals surface area contributed by atoms with Crippen LogP contribution in [0.3, 0.4) is 0 Å². The molecule has 6 heteroatoms. The van der Waals surface area contributed by atoms with Crippen molar-refractivity contribution in [1.82, 2.24) is 0 Å². The highest BCUT2D eigenvalue weighted by Gasteiger charge is 2.31. The van der Waals surface area contributed by atoms with E-state index in [0.29, 0.717) is 16.9 Å². The number of hydrogen-bond donors (Lipinski definition) is 2. The van der Waals surface area contributed by atoms with Gasteiger partial charge in [0.25, 0.3) is 0 Å². The van der Waals surface area contributed by atoms with Crippen molar-refractivity contribution in [2.75, 3.05) is 7.11 Å². The lowest BCUT2D eigenvalue weighted by Crippen LogP contribution is -2.23. The molecular formula is C19H25NO4S. The number of aliphatic hydroxyl groups excluding tert-OH is 1. The number of sulfonamides is 1. The molecule has 0 fully saturated rings. The van der Waals surface area contributed by atoms with Crippen LogP contribution in [0.4, 0.5) is 0 Å². The second kappa shape index (κ2) is 7.99. The van der Waals surface area contributed by atoms with E-state index in [4.69, 9.17) is 9.88 Å². The van der Waals surface area contributed by atoms with Gasteiger partial charge in [0.15, 0.2) is 0 Å². The maximum Gasteiger partial charge on any atom is 0.238 e. The predicted molar refractivity (Wildman–Crippen MR) is 98.0 cm³/mol. The van der Waals surface area contributed by atoms with E-state index in [0.717, 1.165) is 6.42 Å². The molecule has 0 aromatic heterocycles. The minimum absolute atomic E-state index is 0.0556. The van der Waals surface area contributed by atoms with E-state index in [-0.39, 0.29) is 10.8 Å². The quantitative estimate of drug-likeness (QED) is 0.790. The van der Waals surface area contributed by atoms with Crippen LogP contribution < -0.4 is 9.88 Å². The summed E-state index contributed by atoms with van der Waals surface area (Å²) in [5.74, 6) is 0.355. The minimum Gasteiger partial charge on any atom is -0.497 e. The van der Waals surface area contributed by atoms with Crippen molar-refractivity contribution in [3.63, 3.8) is 0 Å². The molecule has 1 unspecified atom stereocenters. The Kier molecular flexibility index (Phi) is 6.21. The van der Waals surface area contributed by atoms with Gasteiger partial charge in [-0.25, -0.2) is 13.6 Å². The minimum atomic E-state index is -3.88. The molecule has 3 atom stereocenters. The van der Waals surface area contributed by atoms with Gasteiger partial charge < -0.3 is 9.84 Å². The van der Waals surface area contributed by atoms with Crippen LogP contribution in [0.5, 0.6) is 5.75 Å². The average molecular weight is 363 g/mol. The Labute approximate surface area is 149 Å². The van der Waals surface area contributed by atoms with Gasteiger partial charge in [-0.3, -0.25) is 0 Å². The van der Waals surface area contributed by atoms with Crippen molar-refractivity contribution >= 4 is 10.0 Å². The molecule has 0 saturated heterocycles. The monoisotopic (exact) mass is 363 g/mol. The molecule has 0 aliphatic rings. The van der Waals surface area contributed by atoms with Gasteiger partial charge >= 0.3 is 0 Å². The largest absolute Gasteiger partial charge is 0.497 e. The van der Waals surface area contributed by atoms with Gasteiger partial charge in [0, 0.05) is 5.92 Å². The van der Waals surface area contributed by atoms with Crippen LogP contribution in [0.15, 0.2) is 53.4 Å². The normalized spacial score (nSPS) is 15.4. The Balaban J connectivity index is 2.53. The molecule has 0 aliphatic heterocycles. The van der Waals surface area contributed by atoms with Crippen LogP contribution >= 0.6 is 0 Å². The average Bonchev–Trinajstić information content (AvgIpc) is 2.61. The number of ether oxygens (including phenoxy) is 1. The molecule has 136 valence electrons. The van der Waals surface area contributed by atoms with E-state index in [9.17, 15) is 13.5 Å². The van der Waals surface area contributed by atoms with Crippen LogP contribution in [0, 0.1) is 5.92 Å². The summed E-state index contributed by atoms with van der Waals surface area (Å²) in [6, 6.07) is 13.7. The van der Waals surface area contributed by atoms with Crippen molar-refractivity contribution in [3.05, 3.63) is 59.7 Å². The van der Waals surface area contributed by atoms with E-state index in [2.05, 4.69) is 0 Å². The van der Waals surface area contributed by atoms with Gasteiger partial charge in [-0.05, 0) is 35.2 Å². The zero-order valence-corrected chi connectivity index (χ0v) is 15.5. The first-order chi connectivity index (χ1) is 11.8. The number of nitrogens with two attached hydrogens (primary N) is 1. The molecule has 0 heterocycles. The van der Waals surface area contributed by atoms with Gasteiger partial charge in [-0.1, -0.05) is 50.6 Å². The Hall–Kier alpha value is -1.89. The first-order valence-electron chi connectivity index (χ1n) is 8.23. The number of methoxy groups -OCH3 is 1. The van der Waals surface area contributed by atoms with Crippen molar-refractivity contribution in [2.45, 2.75) is 37.2 Å². The fourth-order valence-electron chi connectivity index (χ4n) is 3.07. The van der Waals surface area contributed by atoms with E-state index in [1.807, 2.05) is 13.8 Å². The van der Waals surface area contributed by atoms with Crippen LogP contribution in [0.1, 0.15) is 43.4 Å². The van der Waals surface area contributed by atoms with Crippen LogP contribution in [-0.2, 0) is 10.0 Å². The molecule has 0 bridgehead atoms. The molecule has 2 aromatic rings. The summed E-state index contributed by atoms with van der Waals surface area (Å²) < 4.78 is 29.1. The molecule has 0 amide bonds. The Morgan fingerprint density at radius 2 is 1.72 bits per heavy atom. The highest BCUT2D eigenvalue weighted by Crippen LogP contribution is 2.41. The summed E-state index contributed by atoms with van der Waals surface area (Å²) in [7, 11) is -2.30. The molecule has 3 N–H and O–H groups in total. The third-order valence-electron chi connectivity index (χ3n) is 4.64. The van der Waals surface area contributed by atoms with Gasteiger partial charge in [0.05, 0.1) is 18.1 Å². The number of rotatable bonds is 7. The number of benzene rings is 2. The Morgan fingerprint density at radius 3 is 2.24 bits per heavy atom. The van der Waals surface area contributed by atoms with Gasteiger partial charge in [0.1, 0.15) is 5.75 Å². The molecule has 5 nitrogen and oxygen atoms in total. The smallest absolute Gasteiger partial charge is 0.238 e. The molecule has 0 saturated carbocycles. The molecule has 2 aromatic carbocycles. The molecule has 2 rings (SSSR count). The SMILES string of the molecule is CC[C@H](C)[C@@H](c1ccccc1S(N)(=O)=O)C(O)c1ccc(OC)cc1. The summed E-state index contributed by atoms with van der Waals surface area (Å²) in [5, 5.41) is 16.4. The summed E-state index contributed by atoms with van der Waals surface area (Å²) in [6.07, 6.45) is -0.0691. The van der Waals surface area contributed by atoms with Crippen molar-refractivity contribution in [1.29, 1.82) is 0 Å². The van der Waals surface area contributed by atoms with Crippen molar-refractivity contribution in [2.24, 2.45) is 11.1 Å². The van der Waals surface area contributed by atoms with E-state index in [1.165, 1.54) is 6.07 Å². The van der Waals surface area contributed by atoms with Gasteiger partial charge in [0.2, 0.25) is 10.0 Å². The van der Waals surface area contributed by atoms with Crippen molar-refractivity contribution in [3.8, 4) is 5.75 Å². The van der Waals surface area contributed by atoms with Crippen molar-refractivity contribution < 1.29 is 18.3 Å². The lowest BCUT2D eigenvalue weighted by atomic mass is 9.79. The zero-order chi connectivity index (χ0) is 18.6. The highest BCUT2D eigenvalue weighted by molar-refractivity contribution is 7.89. The Morgan fingerprint density at radius 1 is 1.12 bits per heavy atom. The molecule has 0 spiro atoms. The van der Waals surface area contributed by atoms with E-state index < -0.39 is 22.0 Å². The fraction of sp³-hybridized carbons (Fsp3) is 0.368. The summed E-state index contributed by atoms with van der Waals surface area (Å²) in [4.78, 5) is 0.0628. The number of hydrogen-bond acceptors (Lipinski definition) is 4. The van der Waals surface area contributed by atoms with Gasteiger partial charge in [-0.2, -0.15) is 0 Å². The topological polar surface area (TPSA) is 89.6 Å². The first-order valence-corrected chi connectivity index (χ1v) is 9.78. The highest BCUT2D eigenvalue weighted by atomic mass is 32.2. The maximum atomic E-state index is 12.0. The third kappa shape index (κ3) is 4.39. The van der Waals surface area contributed by atoms with Crippen LogP contribution in [0.25, 0.3) is 0 Å². The fourth-order valence-corrected chi connectivity index (χ4v) is 3.87. The predicted octanol–water partition coefficient (Wildman–Crippen LogP) is 3.21. The molecule has 0 radical (unpaired) electrons. The summed E-state index contributed by atoms with van der Waals surface area (Å²) in [5.41, 5.74) is 1.25. The molecular weight excluding hydrogens is 338 g/mol. The van der Waals surface area contributed by atoms with Crippen LogP contribution in [-0.4, -0.2) is 20.6 Å². The molecule has 0 aliphatic carbocycles. The summed E-state index contributed by atoms with van der Waals surface area (Å²) >= 11 is 0.